The van der Waals surface area contributed by atoms with Gasteiger partial charge < -0.3 is 9.47 Å². The number of benzene rings is 11. The summed E-state index contributed by atoms with van der Waals surface area (Å²) in [5, 5.41) is 2.50. The van der Waals surface area contributed by atoms with Gasteiger partial charge in [0.25, 0.3) is 0 Å². The molecule has 0 fully saturated rings. The van der Waals surface area contributed by atoms with Gasteiger partial charge in [-0.05, 0) is 121 Å². The van der Waals surface area contributed by atoms with Crippen LogP contribution >= 0.6 is 0 Å². The van der Waals surface area contributed by atoms with Crippen LogP contribution in [0.2, 0.25) is 0 Å². The molecule has 1 heterocycles. The van der Waals surface area contributed by atoms with E-state index in [4.69, 9.17) is 0 Å². The summed E-state index contributed by atoms with van der Waals surface area (Å²) in [6, 6.07) is 99.8. The van der Waals surface area contributed by atoms with E-state index in [0.717, 1.165) is 22.7 Å². The average Bonchev–Trinajstić information content (AvgIpc) is 4.13. The van der Waals surface area contributed by atoms with Crippen molar-refractivity contribution in [1.29, 1.82) is 0 Å². The SMILES string of the molecule is c1ccc(C2(c3ccccc3)c3ccccc3-c3cc(N(c4cccc(-n5c6ccccc6c6ccccc65)c4)c4cccc5c4-c4ccccc4C54c5ccccc5-c5ccccc54)ccc32)cc1. The number of para-hydroxylation sites is 2. The van der Waals surface area contributed by atoms with Crippen LogP contribution in [-0.2, 0) is 10.8 Å². The average molecular weight is 889 g/mol. The van der Waals surface area contributed by atoms with E-state index in [-0.39, 0.29) is 0 Å². The molecule has 0 radical (unpaired) electrons. The first-order valence-corrected chi connectivity index (χ1v) is 24.4. The van der Waals surface area contributed by atoms with Gasteiger partial charge in [-0.2, -0.15) is 0 Å². The smallest absolute Gasteiger partial charge is 0.0726 e. The molecule has 1 spiro atoms. The van der Waals surface area contributed by atoms with E-state index in [1.807, 2.05) is 0 Å². The quantitative estimate of drug-likeness (QED) is 0.161. The highest BCUT2D eigenvalue weighted by molar-refractivity contribution is 6.09. The Hall–Kier alpha value is -8.98. The van der Waals surface area contributed by atoms with Gasteiger partial charge in [0.15, 0.2) is 0 Å². The first kappa shape index (κ1) is 39.1. The van der Waals surface area contributed by atoms with Crippen LogP contribution in [-0.4, -0.2) is 4.57 Å². The number of nitrogens with zero attached hydrogens (tertiary/aromatic N) is 2. The molecule has 2 heteroatoms. The second kappa shape index (κ2) is 14.8. The number of hydrogen-bond donors (Lipinski definition) is 0. The van der Waals surface area contributed by atoms with Crippen molar-refractivity contribution in [2.45, 2.75) is 10.8 Å². The maximum atomic E-state index is 2.55. The van der Waals surface area contributed by atoms with Crippen LogP contribution in [0.4, 0.5) is 17.1 Å². The Morgan fingerprint density at radius 1 is 0.286 bits per heavy atom. The van der Waals surface area contributed by atoms with Gasteiger partial charge in [-0.1, -0.05) is 218 Å². The molecular formula is C68H44N2. The summed E-state index contributed by atoms with van der Waals surface area (Å²) in [6.07, 6.45) is 0. The molecule has 3 aliphatic carbocycles. The minimum absolute atomic E-state index is 0.479. The van der Waals surface area contributed by atoms with Crippen LogP contribution in [0.1, 0.15) is 44.5 Å². The largest absolute Gasteiger partial charge is 0.310 e. The maximum absolute atomic E-state index is 2.55. The van der Waals surface area contributed by atoms with Crippen LogP contribution < -0.4 is 4.90 Å². The Morgan fingerprint density at radius 3 is 1.34 bits per heavy atom. The summed E-state index contributed by atoms with van der Waals surface area (Å²) < 4.78 is 2.44. The van der Waals surface area contributed by atoms with Crippen LogP contribution in [0.5, 0.6) is 0 Å². The lowest BCUT2D eigenvalue weighted by Crippen LogP contribution is -2.28. The third-order valence-corrected chi connectivity index (χ3v) is 15.9. The first-order valence-electron chi connectivity index (χ1n) is 24.4. The van der Waals surface area contributed by atoms with Gasteiger partial charge in [-0.15, -0.1) is 0 Å². The molecule has 326 valence electrons. The van der Waals surface area contributed by atoms with Gasteiger partial charge in [0.1, 0.15) is 0 Å². The van der Waals surface area contributed by atoms with Crippen molar-refractivity contribution in [3.63, 3.8) is 0 Å². The van der Waals surface area contributed by atoms with Gasteiger partial charge >= 0.3 is 0 Å². The zero-order chi connectivity index (χ0) is 46.0. The molecule has 0 aliphatic heterocycles. The van der Waals surface area contributed by atoms with Crippen LogP contribution in [0.25, 0.3) is 60.9 Å². The Labute approximate surface area is 407 Å². The number of anilines is 3. The number of rotatable bonds is 6. The predicted octanol–water partition coefficient (Wildman–Crippen LogP) is 17.0. The molecule has 0 N–H and O–H groups in total. The highest BCUT2D eigenvalue weighted by Gasteiger charge is 2.52. The molecule has 0 saturated carbocycles. The molecule has 11 aromatic carbocycles. The summed E-state index contributed by atoms with van der Waals surface area (Å²) in [7, 11) is 0. The third-order valence-electron chi connectivity index (χ3n) is 15.9. The number of aromatic nitrogens is 1. The maximum Gasteiger partial charge on any atom is 0.0726 e. The fourth-order valence-corrected chi connectivity index (χ4v) is 13.3. The van der Waals surface area contributed by atoms with Gasteiger partial charge in [-0.3, -0.25) is 0 Å². The molecule has 70 heavy (non-hydrogen) atoms. The fraction of sp³-hybridized carbons (Fsp3) is 0.0294. The number of fused-ring (bicyclic) bond motifs is 16. The number of hydrogen-bond acceptors (Lipinski definition) is 1. The lowest BCUT2D eigenvalue weighted by molar-refractivity contribution is 0.768. The Morgan fingerprint density at radius 2 is 0.729 bits per heavy atom. The third kappa shape index (κ3) is 5.07. The van der Waals surface area contributed by atoms with E-state index in [0.29, 0.717) is 0 Å². The molecule has 0 bridgehead atoms. The van der Waals surface area contributed by atoms with Gasteiger partial charge in [0, 0.05) is 33.4 Å². The van der Waals surface area contributed by atoms with E-state index in [1.54, 1.807) is 0 Å². The minimum atomic E-state index is -0.503. The van der Waals surface area contributed by atoms with E-state index >= 15 is 0 Å². The van der Waals surface area contributed by atoms with Crippen molar-refractivity contribution < 1.29 is 0 Å². The molecule has 15 rings (SSSR count). The van der Waals surface area contributed by atoms with Crippen molar-refractivity contribution in [1.82, 2.24) is 4.57 Å². The molecule has 0 atom stereocenters. The van der Waals surface area contributed by atoms with Crippen molar-refractivity contribution in [2.24, 2.45) is 0 Å². The van der Waals surface area contributed by atoms with Crippen LogP contribution in [0.3, 0.4) is 0 Å². The predicted molar refractivity (Wildman–Crippen MR) is 289 cm³/mol. The minimum Gasteiger partial charge on any atom is -0.310 e. The van der Waals surface area contributed by atoms with Crippen molar-refractivity contribution in [2.75, 3.05) is 4.90 Å². The zero-order valence-corrected chi connectivity index (χ0v) is 38.3. The van der Waals surface area contributed by atoms with Gasteiger partial charge in [0.05, 0.1) is 27.6 Å². The monoisotopic (exact) mass is 888 g/mol. The first-order chi connectivity index (χ1) is 34.8. The topological polar surface area (TPSA) is 8.17 Å². The van der Waals surface area contributed by atoms with E-state index < -0.39 is 10.8 Å². The molecule has 0 amide bonds. The normalized spacial score (nSPS) is 13.9. The fourth-order valence-electron chi connectivity index (χ4n) is 13.3. The Balaban J connectivity index is 1.03. The lowest BCUT2D eigenvalue weighted by atomic mass is 9.68. The van der Waals surface area contributed by atoms with Crippen LogP contribution in [0, 0.1) is 0 Å². The second-order valence-corrected chi connectivity index (χ2v) is 19.1. The summed E-state index contributed by atoms with van der Waals surface area (Å²) in [5.74, 6) is 0. The van der Waals surface area contributed by atoms with Crippen molar-refractivity contribution >= 4 is 38.9 Å². The van der Waals surface area contributed by atoms with Crippen LogP contribution in [0.15, 0.2) is 267 Å². The highest BCUT2D eigenvalue weighted by Crippen LogP contribution is 2.65. The summed E-state index contributed by atoms with van der Waals surface area (Å²) in [4.78, 5) is 2.55. The molecular weight excluding hydrogens is 845 g/mol. The van der Waals surface area contributed by atoms with Gasteiger partial charge in [0.2, 0.25) is 0 Å². The zero-order valence-electron chi connectivity index (χ0n) is 38.3. The molecule has 1 aromatic heterocycles. The lowest BCUT2D eigenvalue weighted by Gasteiger charge is -2.34. The van der Waals surface area contributed by atoms with Crippen molar-refractivity contribution in [3.8, 4) is 39.1 Å². The van der Waals surface area contributed by atoms with E-state index in [9.17, 15) is 0 Å². The van der Waals surface area contributed by atoms with E-state index in [1.165, 1.54) is 99.7 Å². The standard InChI is InChI=1S/C68H44N2/c1-3-21-45(22-4-1)67(46-23-5-2-6-24-46)57-33-13-9-29-52(57)56-44-49(41-42-61(56)67)69(47-25-19-26-48(43-47)70-63-38-17-11-30-53(63)54-31-12-18-39-64(54)70)65-40-20-37-62-66(65)55-32-10-16-36-60(55)68(62)58-34-14-7-27-50(58)51-28-8-15-35-59(51)68/h1-44H. The van der Waals surface area contributed by atoms with Gasteiger partial charge in [-0.25, -0.2) is 0 Å². The Kier molecular flexibility index (Phi) is 8.24. The second-order valence-electron chi connectivity index (χ2n) is 19.1. The van der Waals surface area contributed by atoms with Crippen molar-refractivity contribution in [3.05, 3.63) is 311 Å². The molecule has 2 nitrogen and oxygen atoms in total. The highest BCUT2D eigenvalue weighted by atomic mass is 15.1. The Bertz CT molecular complexity index is 3950. The summed E-state index contributed by atoms with van der Waals surface area (Å²) in [6.45, 7) is 0. The molecule has 0 unspecified atom stereocenters. The molecule has 0 saturated heterocycles. The molecule has 3 aliphatic rings. The van der Waals surface area contributed by atoms with E-state index in [2.05, 4.69) is 276 Å². The summed E-state index contributed by atoms with van der Waals surface area (Å²) >= 11 is 0. The summed E-state index contributed by atoms with van der Waals surface area (Å²) in [5.41, 5.74) is 23.9. The molecule has 12 aromatic rings.